The fourth-order valence-electron chi connectivity index (χ4n) is 2.17. The van der Waals surface area contributed by atoms with E-state index in [4.69, 9.17) is 0 Å². The summed E-state index contributed by atoms with van der Waals surface area (Å²) in [5.74, 6) is 0. The molecule has 0 radical (unpaired) electrons. The van der Waals surface area contributed by atoms with Crippen LogP contribution in [-0.2, 0) is 19.3 Å². The molecule has 3 nitrogen and oxygen atoms in total. The molecule has 1 fully saturated rings. The minimum Gasteiger partial charge on any atom is -0.329 e. The van der Waals surface area contributed by atoms with Gasteiger partial charge in [0.05, 0.1) is 17.6 Å². The van der Waals surface area contributed by atoms with Gasteiger partial charge in [0.2, 0.25) is 0 Å². The Labute approximate surface area is 120 Å². The fraction of sp³-hybridized carbons (Fsp3) is 0.400. The number of hydrogen-bond donors (Lipinski definition) is 1. The highest BCUT2D eigenvalue weighted by atomic mass is 19.4. The first-order valence-electron chi connectivity index (χ1n) is 6.91. The molecule has 1 heterocycles. The van der Waals surface area contributed by atoms with Crippen molar-refractivity contribution in [2.45, 2.75) is 38.1 Å². The first kappa shape index (κ1) is 14.1. The van der Waals surface area contributed by atoms with Crippen LogP contribution >= 0.6 is 0 Å². The maximum Gasteiger partial charge on any atom is 0.416 e. The van der Waals surface area contributed by atoms with Gasteiger partial charge in [0.15, 0.2) is 0 Å². The van der Waals surface area contributed by atoms with Gasteiger partial charge in [-0.2, -0.15) is 13.2 Å². The summed E-state index contributed by atoms with van der Waals surface area (Å²) in [5, 5.41) is 3.40. The summed E-state index contributed by atoms with van der Waals surface area (Å²) >= 11 is 0. The molecule has 1 aromatic heterocycles. The molecule has 0 amide bonds. The van der Waals surface area contributed by atoms with E-state index >= 15 is 0 Å². The van der Waals surface area contributed by atoms with Crippen molar-refractivity contribution in [1.82, 2.24) is 14.9 Å². The van der Waals surface area contributed by atoms with Crippen LogP contribution in [0.15, 0.2) is 36.8 Å². The van der Waals surface area contributed by atoms with E-state index in [1.165, 1.54) is 25.0 Å². The molecule has 1 saturated carbocycles. The SMILES string of the molecule is FC(F)(F)c1ccc(Cn2cncc2CNC2CC2)cc1. The number of alkyl halides is 3. The zero-order chi connectivity index (χ0) is 14.9. The van der Waals surface area contributed by atoms with Crippen molar-refractivity contribution in [2.24, 2.45) is 0 Å². The highest BCUT2D eigenvalue weighted by Gasteiger charge is 2.29. The Morgan fingerprint density at radius 2 is 1.90 bits per heavy atom. The van der Waals surface area contributed by atoms with Gasteiger partial charge >= 0.3 is 6.18 Å². The van der Waals surface area contributed by atoms with E-state index in [-0.39, 0.29) is 0 Å². The van der Waals surface area contributed by atoms with Crippen LogP contribution in [0.5, 0.6) is 0 Å². The zero-order valence-corrected chi connectivity index (χ0v) is 11.4. The van der Waals surface area contributed by atoms with E-state index in [2.05, 4.69) is 10.3 Å². The summed E-state index contributed by atoms with van der Waals surface area (Å²) in [7, 11) is 0. The molecule has 1 N–H and O–H groups in total. The third-order valence-electron chi connectivity index (χ3n) is 3.58. The molecule has 0 spiro atoms. The van der Waals surface area contributed by atoms with E-state index in [9.17, 15) is 13.2 Å². The highest BCUT2D eigenvalue weighted by molar-refractivity contribution is 5.25. The van der Waals surface area contributed by atoms with E-state index in [0.29, 0.717) is 12.6 Å². The number of nitrogens with one attached hydrogen (secondary N) is 1. The molecule has 0 saturated heterocycles. The van der Waals surface area contributed by atoms with E-state index < -0.39 is 11.7 Å². The van der Waals surface area contributed by atoms with Gasteiger partial charge in [0.25, 0.3) is 0 Å². The highest BCUT2D eigenvalue weighted by Crippen LogP contribution is 2.29. The van der Waals surface area contributed by atoms with E-state index in [1.54, 1.807) is 12.5 Å². The van der Waals surface area contributed by atoms with Crippen LogP contribution in [0.25, 0.3) is 0 Å². The van der Waals surface area contributed by atoms with Gasteiger partial charge in [0, 0.05) is 25.3 Å². The van der Waals surface area contributed by atoms with Crippen molar-refractivity contribution in [3.63, 3.8) is 0 Å². The third-order valence-corrected chi connectivity index (χ3v) is 3.58. The Balaban J connectivity index is 1.67. The van der Waals surface area contributed by atoms with Crippen molar-refractivity contribution in [1.29, 1.82) is 0 Å². The topological polar surface area (TPSA) is 29.9 Å². The smallest absolute Gasteiger partial charge is 0.329 e. The van der Waals surface area contributed by atoms with Gasteiger partial charge in [-0.25, -0.2) is 4.98 Å². The Kier molecular flexibility index (Phi) is 3.71. The molecule has 1 aromatic carbocycles. The van der Waals surface area contributed by atoms with Gasteiger partial charge in [0.1, 0.15) is 0 Å². The van der Waals surface area contributed by atoms with Crippen molar-refractivity contribution in [3.8, 4) is 0 Å². The number of benzene rings is 1. The predicted molar refractivity (Wildman–Crippen MR) is 72.6 cm³/mol. The summed E-state index contributed by atoms with van der Waals surface area (Å²) in [6.45, 7) is 1.27. The van der Waals surface area contributed by atoms with Gasteiger partial charge in [-0.3, -0.25) is 0 Å². The van der Waals surface area contributed by atoms with Gasteiger partial charge in [-0.15, -0.1) is 0 Å². The molecular weight excluding hydrogens is 279 g/mol. The molecule has 0 atom stereocenters. The van der Waals surface area contributed by atoms with Crippen LogP contribution in [0.2, 0.25) is 0 Å². The average Bonchev–Trinajstić information content (AvgIpc) is 3.17. The maximum absolute atomic E-state index is 12.5. The summed E-state index contributed by atoms with van der Waals surface area (Å²) in [6, 6.07) is 5.88. The quantitative estimate of drug-likeness (QED) is 0.918. The second kappa shape index (κ2) is 5.52. The standard InChI is InChI=1S/C15H16F3N3/c16-15(17,18)12-3-1-11(2-4-12)9-21-10-19-7-14(21)8-20-13-5-6-13/h1-4,7,10,13,20H,5-6,8-9H2. The van der Waals surface area contributed by atoms with Crippen LogP contribution in [0, 0.1) is 0 Å². The van der Waals surface area contributed by atoms with E-state index in [0.717, 1.165) is 29.9 Å². The number of halogens is 3. The van der Waals surface area contributed by atoms with Gasteiger partial charge in [-0.1, -0.05) is 12.1 Å². The molecule has 2 aromatic rings. The Bertz CT molecular complexity index is 597. The van der Waals surface area contributed by atoms with E-state index in [1.807, 2.05) is 4.57 Å². The van der Waals surface area contributed by atoms with Crippen LogP contribution < -0.4 is 5.32 Å². The van der Waals surface area contributed by atoms with Gasteiger partial charge < -0.3 is 9.88 Å². The van der Waals surface area contributed by atoms with Crippen LogP contribution in [0.1, 0.15) is 29.7 Å². The number of nitrogens with zero attached hydrogens (tertiary/aromatic N) is 2. The number of hydrogen-bond acceptors (Lipinski definition) is 2. The summed E-state index contributed by atoms with van der Waals surface area (Å²) in [5.41, 5.74) is 1.25. The number of imidazole rings is 1. The van der Waals surface area contributed by atoms with Crippen molar-refractivity contribution >= 4 is 0 Å². The lowest BCUT2D eigenvalue weighted by Crippen LogP contribution is -2.18. The predicted octanol–water partition coefficient (Wildman–Crippen LogP) is 3.20. The second-order valence-electron chi connectivity index (χ2n) is 5.36. The number of aromatic nitrogens is 2. The minimum atomic E-state index is -4.28. The molecule has 0 bridgehead atoms. The van der Waals surface area contributed by atoms with Crippen LogP contribution in [0.3, 0.4) is 0 Å². The van der Waals surface area contributed by atoms with Crippen molar-refractivity contribution in [3.05, 3.63) is 53.6 Å². The molecule has 1 aliphatic carbocycles. The summed E-state index contributed by atoms with van der Waals surface area (Å²) in [6.07, 6.45) is 1.65. The first-order valence-corrected chi connectivity index (χ1v) is 6.91. The summed E-state index contributed by atoms with van der Waals surface area (Å²) < 4.78 is 39.5. The molecular formula is C15H16F3N3. The zero-order valence-electron chi connectivity index (χ0n) is 11.4. The molecule has 0 unspecified atom stereocenters. The van der Waals surface area contributed by atoms with Crippen molar-refractivity contribution in [2.75, 3.05) is 0 Å². The summed E-state index contributed by atoms with van der Waals surface area (Å²) in [4.78, 5) is 4.12. The molecule has 112 valence electrons. The molecule has 21 heavy (non-hydrogen) atoms. The normalized spacial score (nSPS) is 15.4. The second-order valence-corrected chi connectivity index (χ2v) is 5.36. The van der Waals surface area contributed by atoms with Gasteiger partial charge in [-0.05, 0) is 30.5 Å². The molecule has 3 rings (SSSR count). The molecule has 0 aliphatic heterocycles. The first-order chi connectivity index (χ1) is 10.0. The van der Waals surface area contributed by atoms with Crippen LogP contribution in [-0.4, -0.2) is 15.6 Å². The maximum atomic E-state index is 12.5. The fourth-order valence-corrected chi connectivity index (χ4v) is 2.17. The monoisotopic (exact) mass is 295 g/mol. The van der Waals surface area contributed by atoms with Crippen molar-refractivity contribution < 1.29 is 13.2 Å². The lowest BCUT2D eigenvalue weighted by atomic mass is 10.1. The average molecular weight is 295 g/mol. The molecule has 1 aliphatic rings. The lowest BCUT2D eigenvalue weighted by molar-refractivity contribution is -0.137. The molecule has 6 heteroatoms. The largest absolute Gasteiger partial charge is 0.416 e. The Morgan fingerprint density at radius 1 is 1.19 bits per heavy atom. The Hall–Kier alpha value is -1.82. The lowest BCUT2D eigenvalue weighted by Gasteiger charge is -2.10. The van der Waals surface area contributed by atoms with Crippen LogP contribution in [0.4, 0.5) is 13.2 Å². The number of rotatable bonds is 5. The minimum absolute atomic E-state index is 0.528. The Morgan fingerprint density at radius 3 is 2.52 bits per heavy atom. The third kappa shape index (κ3) is 3.64.